The van der Waals surface area contributed by atoms with Crippen LogP contribution in [0.4, 0.5) is 8.78 Å². The van der Waals surface area contributed by atoms with Crippen LogP contribution in [0.5, 0.6) is 0 Å². The van der Waals surface area contributed by atoms with Gasteiger partial charge in [0.2, 0.25) is 0 Å². The molecule has 0 fully saturated rings. The van der Waals surface area contributed by atoms with Crippen LogP contribution < -0.4 is 5.32 Å². The zero-order valence-corrected chi connectivity index (χ0v) is 11.2. The Morgan fingerprint density at radius 2 is 2.06 bits per heavy atom. The summed E-state index contributed by atoms with van der Waals surface area (Å²) in [5.41, 5.74) is -0.672. The smallest absolute Gasteiger partial charge is 0.258 e. The molecule has 96 valence electrons. The molecule has 0 saturated heterocycles. The SMILES string of the molecule is CCCC(C#N)NC(=O)c1c(F)cc(Br)cc1F. The number of carbonyl (C=O) groups excluding carboxylic acids is 1. The van der Waals surface area contributed by atoms with Gasteiger partial charge in [0.15, 0.2) is 0 Å². The molecule has 0 aliphatic rings. The summed E-state index contributed by atoms with van der Waals surface area (Å²) in [7, 11) is 0. The monoisotopic (exact) mass is 316 g/mol. The Hall–Kier alpha value is -1.48. The van der Waals surface area contributed by atoms with Crippen molar-refractivity contribution in [1.29, 1.82) is 5.26 Å². The fraction of sp³-hybridized carbons (Fsp3) is 0.333. The van der Waals surface area contributed by atoms with E-state index in [1.165, 1.54) is 0 Å². The maximum Gasteiger partial charge on any atom is 0.258 e. The normalized spacial score (nSPS) is 11.7. The molecule has 0 heterocycles. The van der Waals surface area contributed by atoms with E-state index in [1.54, 1.807) is 0 Å². The van der Waals surface area contributed by atoms with Crippen molar-refractivity contribution in [3.05, 3.63) is 33.8 Å². The number of nitrogens with zero attached hydrogens (tertiary/aromatic N) is 1. The van der Waals surface area contributed by atoms with Gasteiger partial charge in [-0.3, -0.25) is 4.79 Å². The molecule has 1 amide bonds. The lowest BCUT2D eigenvalue weighted by molar-refractivity contribution is 0.0935. The molecule has 3 nitrogen and oxygen atoms in total. The number of hydrogen-bond acceptors (Lipinski definition) is 2. The summed E-state index contributed by atoms with van der Waals surface area (Å²) >= 11 is 2.92. The van der Waals surface area contributed by atoms with E-state index in [0.29, 0.717) is 12.8 Å². The highest BCUT2D eigenvalue weighted by Crippen LogP contribution is 2.19. The van der Waals surface area contributed by atoms with Crippen molar-refractivity contribution >= 4 is 21.8 Å². The van der Waals surface area contributed by atoms with Gasteiger partial charge in [-0.25, -0.2) is 8.78 Å². The molecule has 1 N–H and O–H groups in total. The lowest BCUT2D eigenvalue weighted by Crippen LogP contribution is -2.34. The summed E-state index contributed by atoms with van der Waals surface area (Å²) in [6.07, 6.45) is 1.12. The Labute approximate surface area is 112 Å². The molecule has 0 aliphatic carbocycles. The van der Waals surface area contributed by atoms with Gasteiger partial charge < -0.3 is 5.32 Å². The van der Waals surface area contributed by atoms with E-state index in [9.17, 15) is 13.6 Å². The van der Waals surface area contributed by atoms with Gasteiger partial charge in [-0.15, -0.1) is 0 Å². The highest BCUT2D eigenvalue weighted by Gasteiger charge is 2.20. The minimum atomic E-state index is -0.965. The average Bonchev–Trinajstić information content (AvgIpc) is 2.26. The fourth-order valence-electron chi connectivity index (χ4n) is 1.45. The van der Waals surface area contributed by atoms with Crippen molar-refractivity contribution in [3.8, 4) is 6.07 Å². The molecule has 0 bridgehead atoms. The minimum Gasteiger partial charge on any atom is -0.336 e. The van der Waals surface area contributed by atoms with Crippen LogP contribution in [0.15, 0.2) is 16.6 Å². The highest BCUT2D eigenvalue weighted by atomic mass is 79.9. The zero-order valence-electron chi connectivity index (χ0n) is 9.64. The quantitative estimate of drug-likeness (QED) is 0.927. The van der Waals surface area contributed by atoms with Crippen molar-refractivity contribution in [3.63, 3.8) is 0 Å². The van der Waals surface area contributed by atoms with Gasteiger partial charge in [-0.1, -0.05) is 29.3 Å². The first-order valence-electron chi connectivity index (χ1n) is 5.34. The molecule has 1 atom stereocenters. The number of nitrogens with one attached hydrogen (secondary N) is 1. The number of nitriles is 1. The Balaban J connectivity index is 2.95. The third kappa shape index (κ3) is 3.50. The number of amides is 1. The van der Waals surface area contributed by atoms with E-state index >= 15 is 0 Å². The van der Waals surface area contributed by atoms with Crippen LogP contribution in [-0.2, 0) is 0 Å². The maximum absolute atomic E-state index is 13.5. The van der Waals surface area contributed by atoms with Gasteiger partial charge in [0.25, 0.3) is 5.91 Å². The van der Waals surface area contributed by atoms with Gasteiger partial charge in [0.05, 0.1) is 6.07 Å². The summed E-state index contributed by atoms with van der Waals surface area (Å²) in [4.78, 5) is 11.7. The van der Waals surface area contributed by atoms with Gasteiger partial charge >= 0.3 is 0 Å². The van der Waals surface area contributed by atoms with Crippen LogP contribution in [0.2, 0.25) is 0 Å². The van der Waals surface area contributed by atoms with Crippen LogP contribution in [0, 0.1) is 23.0 Å². The molecule has 0 aliphatic heterocycles. The molecule has 0 saturated carbocycles. The first-order chi connectivity index (χ1) is 8.49. The van der Waals surface area contributed by atoms with Gasteiger partial charge in [-0.2, -0.15) is 5.26 Å². The molecule has 18 heavy (non-hydrogen) atoms. The fourth-order valence-corrected chi connectivity index (χ4v) is 1.85. The van der Waals surface area contributed by atoms with Crippen LogP contribution in [0.1, 0.15) is 30.1 Å². The van der Waals surface area contributed by atoms with Crippen LogP contribution in [0.25, 0.3) is 0 Å². The third-order valence-corrected chi connectivity index (χ3v) is 2.73. The van der Waals surface area contributed by atoms with Crippen molar-refractivity contribution in [2.24, 2.45) is 0 Å². The molecule has 0 radical (unpaired) electrons. The molecule has 6 heteroatoms. The number of carbonyl (C=O) groups is 1. The topological polar surface area (TPSA) is 52.9 Å². The molecule has 0 aromatic heterocycles. The summed E-state index contributed by atoms with van der Waals surface area (Å²) < 4.78 is 27.2. The van der Waals surface area contributed by atoms with Crippen molar-refractivity contribution in [2.75, 3.05) is 0 Å². The molecular weight excluding hydrogens is 306 g/mol. The lowest BCUT2D eigenvalue weighted by Gasteiger charge is -2.11. The largest absolute Gasteiger partial charge is 0.336 e. The predicted octanol–water partition coefficient (Wildman–Crippen LogP) is 3.15. The van der Waals surface area contributed by atoms with E-state index in [4.69, 9.17) is 5.26 Å². The Morgan fingerprint density at radius 1 is 1.50 bits per heavy atom. The number of benzene rings is 1. The van der Waals surface area contributed by atoms with Crippen LogP contribution in [-0.4, -0.2) is 11.9 Å². The number of hydrogen-bond donors (Lipinski definition) is 1. The summed E-state index contributed by atoms with van der Waals surface area (Å²) in [5, 5.41) is 11.1. The number of rotatable bonds is 4. The second-order valence-electron chi connectivity index (χ2n) is 3.69. The first-order valence-corrected chi connectivity index (χ1v) is 6.14. The molecule has 1 unspecified atom stereocenters. The van der Waals surface area contributed by atoms with E-state index in [-0.39, 0.29) is 4.47 Å². The molecular formula is C12H11BrF2N2O. The maximum atomic E-state index is 13.5. The minimum absolute atomic E-state index is 0.208. The third-order valence-electron chi connectivity index (χ3n) is 2.27. The van der Waals surface area contributed by atoms with Crippen molar-refractivity contribution in [1.82, 2.24) is 5.32 Å². The summed E-state index contributed by atoms with van der Waals surface area (Å²) in [6.45, 7) is 1.84. The van der Waals surface area contributed by atoms with E-state index in [0.717, 1.165) is 12.1 Å². The van der Waals surface area contributed by atoms with Crippen LogP contribution in [0.3, 0.4) is 0 Å². The molecule has 1 aromatic carbocycles. The predicted molar refractivity (Wildman–Crippen MR) is 65.8 cm³/mol. The second kappa shape index (κ2) is 6.45. The van der Waals surface area contributed by atoms with Crippen molar-refractivity contribution in [2.45, 2.75) is 25.8 Å². The first kappa shape index (κ1) is 14.6. The van der Waals surface area contributed by atoms with Gasteiger partial charge in [0, 0.05) is 4.47 Å². The zero-order chi connectivity index (χ0) is 13.7. The van der Waals surface area contributed by atoms with E-state index in [2.05, 4.69) is 21.2 Å². The second-order valence-corrected chi connectivity index (χ2v) is 4.60. The molecule has 1 rings (SSSR count). The molecule has 0 spiro atoms. The Morgan fingerprint density at radius 3 is 2.50 bits per heavy atom. The lowest BCUT2D eigenvalue weighted by atomic mass is 10.1. The van der Waals surface area contributed by atoms with E-state index < -0.39 is 29.1 Å². The Bertz CT molecular complexity index is 476. The van der Waals surface area contributed by atoms with Gasteiger partial charge in [0.1, 0.15) is 23.2 Å². The summed E-state index contributed by atoms with van der Waals surface area (Å²) in [5.74, 6) is -2.85. The summed E-state index contributed by atoms with van der Waals surface area (Å²) in [6, 6.07) is 3.12. The Kier molecular flexibility index (Phi) is 5.23. The van der Waals surface area contributed by atoms with Crippen LogP contribution >= 0.6 is 15.9 Å². The molecule has 1 aromatic rings. The number of halogens is 3. The van der Waals surface area contributed by atoms with Crippen molar-refractivity contribution < 1.29 is 13.6 Å². The van der Waals surface area contributed by atoms with Gasteiger partial charge in [-0.05, 0) is 18.6 Å². The average molecular weight is 317 g/mol. The van der Waals surface area contributed by atoms with E-state index in [1.807, 2.05) is 13.0 Å². The highest BCUT2D eigenvalue weighted by molar-refractivity contribution is 9.10. The standard InChI is InChI=1S/C12H11BrF2N2O/c1-2-3-8(6-16)17-12(18)11-9(14)4-7(13)5-10(11)15/h4-5,8H,2-3H2,1H3,(H,17,18).